The first kappa shape index (κ1) is 13.0. The number of rotatable bonds is 5. The molecule has 0 radical (unpaired) electrons. The number of carboxylic acid groups (broad SMARTS) is 1. The fourth-order valence-electron chi connectivity index (χ4n) is 1.48. The van der Waals surface area contributed by atoms with Crippen LogP contribution in [0.4, 0.5) is 5.69 Å². The third-order valence-electron chi connectivity index (χ3n) is 2.33. The number of ether oxygens (including phenoxy) is 1. The first-order chi connectivity index (χ1) is 8.63. The molecule has 1 aromatic carbocycles. The molecule has 6 nitrogen and oxygen atoms in total. The van der Waals surface area contributed by atoms with Crippen LogP contribution in [0.3, 0.4) is 0 Å². The number of aromatic nitrogens is 2. The lowest BCUT2D eigenvalue weighted by Crippen LogP contribution is -2.33. The largest absolute Gasteiger partial charge is 0.480 e. The van der Waals surface area contributed by atoms with Crippen LogP contribution in [0.1, 0.15) is 0 Å². The molecule has 18 heavy (non-hydrogen) atoms. The van der Waals surface area contributed by atoms with Gasteiger partial charge in [-0.3, -0.25) is 0 Å². The van der Waals surface area contributed by atoms with Gasteiger partial charge in [0.1, 0.15) is 17.1 Å². The van der Waals surface area contributed by atoms with Crippen LogP contribution in [0, 0.1) is 0 Å². The van der Waals surface area contributed by atoms with E-state index in [9.17, 15) is 4.79 Å². The Bertz CT molecular complexity index is 574. The Morgan fingerprint density at radius 1 is 1.61 bits per heavy atom. The Balaban J connectivity index is 2.37. The van der Waals surface area contributed by atoms with Crippen LogP contribution in [-0.2, 0) is 9.53 Å². The van der Waals surface area contributed by atoms with Crippen molar-refractivity contribution in [3.05, 3.63) is 17.2 Å². The van der Waals surface area contributed by atoms with E-state index in [1.165, 1.54) is 7.11 Å². The lowest BCUT2D eigenvalue weighted by Gasteiger charge is -2.15. The van der Waals surface area contributed by atoms with Crippen LogP contribution in [0.5, 0.6) is 0 Å². The minimum Gasteiger partial charge on any atom is -0.480 e. The lowest BCUT2D eigenvalue weighted by molar-refractivity contribution is -0.139. The molecule has 0 bridgehead atoms. The molecule has 0 aliphatic rings. The van der Waals surface area contributed by atoms with E-state index in [2.05, 4.69) is 14.1 Å². The van der Waals surface area contributed by atoms with E-state index in [0.717, 1.165) is 11.7 Å². The molecule has 1 unspecified atom stereocenters. The van der Waals surface area contributed by atoms with Crippen molar-refractivity contribution in [1.82, 2.24) is 8.75 Å². The molecular weight excluding hydrogens is 278 g/mol. The summed E-state index contributed by atoms with van der Waals surface area (Å²) in [5.74, 6) is -1.02. The number of nitrogens with one attached hydrogen (secondary N) is 1. The maximum Gasteiger partial charge on any atom is 0.328 e. The molecule has 0 fully saturated rings. The van der Waals surface area contributed by atoms with Gasteiger partial charge < -0.3 is 15.2 Å². The first-order valence-corrected chi connectivity index (χ1v) is 6.13. The van der Waals surface area contributed by atoms with Crippen molar-refractivity contribution in [3.63, 3.8) is 0 Å². The Kier molecular flexibility index (Phi) is 3.95. The van der Waals surface area contributed by atoms with Gasteiger partial charge >= 0.3 is 5.97 Å². The van der Waals surface area contributed by atoms with Gasteiger partial charge in [-0.15, -0.1) is 0 Å². The number of nitrogens with zero attached hydrogens (tertiary/aromatic N) is 2. The molecule has 2 rings (SSSR count). The van der Waals surface area contributed by atoms with E-state index in [1.54, 1.807) is 12.1 Å². The zero-order valence-corrected chi connectivity index (χ0v) is 11.0. The number of carboxylic acids is 1. The third-order valence-corrected chi connectivity index (χ3v) is 3.18. The summed E-state index contributed by atoms with van der Waals surface area (Å²) in [6, 6.07) is 2.50. The average molecular weight is 288 g/mol. The topological polar surface area (TPSA) is 84.3 Å². The molecule has 8 heteroatoms. The Morgan fingerprint density at radius 2 is 2.39 bits per heavy atom. The van der Waals surface area contributed by atoms with Crippen molar-refractivity contribution >= 4 is 46.0 Å². The van der Waals surface area contributed by atoms with Gasteiger partial charge in [0.05, 0.1) is 29.0 Å². The summed E-state index contributed by atoms with van der Waals surface area (Å²) < 4.78 is 13.0. The van der Waals surface area contributed by atoms with E-state index in [4.69, 9.17) is 21.4 Å². The molecule has 0 saturated carbocycles. The highest BCUT2D eigenvalue weighted by Crippen LogP contribution is 2.30. The maximum atomic E-state index is 11.1. The Hall–Kier alpha value is -1.44. The van der Waals surface area contributed by atoms with Crippen molar-refractivity contribution in [2.24, 2.45) is 0 Å². The molecule has 96 valence electrons. The van der Waals surface area contributed by atoms with E-state index in [-0.39, 0.29) is 6.61 Å². The monoisotopic (exact) mass is 287 g/mol. The predicted octanol–water partition coefficient (Wildman–Crippen LogP) is 1.86. The molecule has 0 saturated heterocycles. The van der Waals surface area contributed by atoms with Crippen LogP contribution in [0.2, 0.25) is 5.02 Å². The number of carbonyl (C=O) groups is 1. The van der Waals surface area contributed by atoms with E-state index >= 15 is 0 Å². The second-order valence-electron chi connectivity index (χ2n) is 3.54. The number of methoxy groups -OCH3 is 1. The quantitative estimate of drug-likeness (QED) is 0.873. The maximum absolute atomic E-state index is 11.1. The molecule has 0 aliphatic carbocycles. The molecular formula is C10H10ClN3O3S. The highest BCUT2D eigenvalue weighted by molar-refractivity contribution is 7.00. The summed E-state index contributed by atoms with van der Waals surface area (Å²) in [7, 11) is 1.43. The van der Waals surface area contributed by atoms with Gasteiger partial charge in [-0.25, -0.2) is 4.79 Å². The summed E-state index contributed by atoms with van der Waals surface area (Å²) in [6.45, 7) is 0.0274. The molecule has 0 amide bonds. The SMILES string of the molecule is COCC(Nc1c(Cl)ccc2nsnc12)C(=O)O. The van der Waals surface area contributed by atoms with Crippen molar-refractivity contribution in [2.75, 3.05) is 19.0 Å². The number of benzene rings is 1. The zero-order valence-electron chi connectivity index (χ0n) is 9.38. The van der Waals surface area contributed by atoms with Crippen LogP contribution >= 0.6 is 23.3 Å². The van der Waals surface area contributed by atoms with Crippen molar-refractivity contribution in [3.8, 4) is 0 Å². The number of fused-ring (bicyclic) bond motifs is 1. The fourth-order valence-corrected chi connectivity index (χ4v) is 2.23. The van der Waals surface area contributed by atoms with Gasteiger partial charge in [0.25, 0.3) is 0 Å². The second-order valence-corrected chi connectivity index (χ2v) is 4.48. The molecule has 1 aromatic heterocycles. The van der Waals surface area contributed by atoms with Crippen LogP contribution in [0.15, 0.2) is 12.1 Å². The third kappa shape index (κ3) is 2.53. The first-order valence-electron chi connectivity index (χ1n) is 5.02. The minimum atomic E-state index is -1.02. The van der Waals surface area contributed by atoms with Gasteiger partial charge in [0.15, 0.2) is 0 Å². The summed E-state index contributed by atoms with van der Waals surface area (Å²) >= 11 is 7.10. The van der Waals surface area contributed by atoms with E-state index < -0.39 is 12.0 Å². The van der Waals surface area contributed by atoms with Crippen LogP contribution in [0.25, 0.3) is 11.0 Å². The van der Waals surface area contributed by atoms with E-state index in [0.29, 0.717) is 21.7 Å². The standard InChI is InChI=1S/C10H10ClN3O3S/c1-17-4-7(10(15)16)12-8-5(11)2-3-6-9(8)14-18-13-6/h2-3,7,12H,4H2,1H3,(H,15,16). The van der Waals surface area contributed by atoms with Crippen molar-refractivity contribution in [1.29, 1.82) is 0 Å². The molecule has 2 aromatic rings. The Labute approximate surface area is 112 Å². The van der Waals surface area contributed by atoms with Crippen LogP contribution < -0.4 is 5.32 Å². The zero-order chi connectivity index (χ0) is 13.1. The number of aliphatic carboxylic acids is 1. The number of halogens is 1. The van der Waals surface area contributed by atoms with Gasteiger partial charge in [-0.2, -0.15) is 8.75 Å². The molecule has 0 aliphatic heterocycles. The van der Waals surface area contributed by atoms with Gasteiger partial charge in [-0.05, 0) is 12.1 Å². The Morgan fingerprint density at radius 3 is 3.06 bits per heavy atom. The molecule has 2 N–H and O–H groups in total. The summed E-state index contributed by atoms with van der Waals surface area (Å²) in [4.78, 5) is 11.1. The summed E-state index contributed by atoms with van der Waals surface area (Å²) in [6.07, 6.45) is 0. The van der Waals surface area contributed by atoms with Crippen molar-refractivity contribution < 1.29 is 14.6 Å². The minimum absolute atomic E-state index is 0.0274. The number of hydrogen-bond donors (Lipinski definition) is 2. The highest BCUT2D eigenvalue weighted by atomic mass is 35.5. The van der Waals surface area contributed by atoms with E-state index in [1.807, 2.05) is 0 Å². The summed E-state index contributed by atoms with van der Waals surface area (Å²) in [5, 5.41) is 12.3. The molecule has 1 heterocycles. The van der Waals surface area contributed by atoms with Gasteiger partial charge in [0, 0.05) is 7.11 Å². The molecule has 1 atom stereocenters. The normalized spacial score (nSPS) is 12.6. The average Bonchev–Trinajstić information content (AvgIpc) is 2.79. The molecule has 0 spiro atoms. The van der Waals surface area contributed by atoms with Gasteiger partial charge in [-0.1, -0.05) is 11.6 Å². The van der Waals surface area contributed by atoms with Crippen LogP contribution in [-0.4, -0.2) is 39.6 Å². The fraction of sp³-hybridized carbons (Fsp3) is 0.300. The smallest absolute Gasteiger partial charge is 0.328 e. The van der Waals surface area contributed by atoms with Gasteiger partial charge in [0.2, 0.25) is 0 Å². The summed E-state index contributed by atoms with van der Waals surface area (Å²) in [5.41, 5.74) is 1.70. The number of anilines is 1. The predicted molar refractivity (Wildman–Crippen MR) is 69.3 cm³/mol. The van der Waals surface area contributed by atoms with Crippen molar-refractivity contribution in [2.45, 2.75) is 6.04 Å². The number of hydrogen-bond acceptors (Lipinski definition) is 6. The lowest BCUT2D eigenvalue weighted by atomic mass is 10.2. The second kappa shape index (κ2) is 5.47. The highest BCUT2D eigenvalue weighted by Gasteiger charge is 2.20.